The van der Waals surface area contributed by atoms with Gasteiger partial charge in [0, 0.05) is 16.3 Å². The van der Waals surface area contributed by atoms with Crippen LogP contribution in [0.5, 0.6) is 11.5 Å². The van der Waals surface area contributed by atoms with Crippen molar-refractivity contribution in [3.8, 4) is 11.5 Å². The molecule has 9 heteroatoms. The second-order valence-electron chi connectivity index (χ2n) is 7.23. The Bertz CT molecular complexity index is 1290. The van der Waals surface area contributed by atoms with Gasteiger partial charge in [-0.3, -0.25) is 4.79 Å². The number of aromatic amines is 1. The lowest BCUT2D eigenvalue weighted by atomic mass is 10.1. The molecule has 1 aliphatic rings. The van der Waals surface area contributed by atoms with Crippen molar-refractivity contribution in [2.75, 3.05) is 19.0 Å². The van der Waals surface area contributed by atoms with E-state index in [1.165, 1.54) is 23.9 Å². The van der Waals surface area contributed by atoms with Crippen molar-refractivity contribution < 1.29 is 18.7 Å². The van der Waals surface area contributed by atoms with Gasteiger partial charge in [0.05, 0.1) is 23.5 Å². The van der Waals surface area contributed by atoms with E-state index in [1.807, 2.05) is 25.1 Å². The Labute approximate surface area is 181 Å². The highest BCUT2D eigenvalue weighted by atomic mass is 32.2. The number of fused-ring (bicyclic) bond motifs is 4. The molecule has 0 fully saturated rings. The molecule has 0 saturated carbocycles. The smallest absolute Gasteiger partial charge is 0.230 e. The van der Waals surface area contributed by atoms with Crippen LogP contribution >= 0.6 is 11.8 Å². The molecule has 0 unspecified atom stereocenters. The zero-order valence-corrected chi connectivity index (χ0v) is 17.5. The first-order valence-electron chi connectivity index (χ1n) is 9.83. The summed E-state index contributed by atoms with van der Waals surface area (Å²) >= 11 is 1.28. The van der Waals surface area contributed by atoms with Crippen molar-refractivity contribution in [1.29, 1.82) is 0 Å². The van der Waals surface area contributed by atoms with Crippen molar-refractivity contribution in [2.45, 2.75) is 18.0 Å². The summed E-state index contributed by atoms with van der Waals surface area (Å²) in [5.41, 5.74) is 2.47. The van der Waals surface area contributed by atoms with Crippen LogP contribution in [-0.4, -0.2) is 40.1 Å². The molecule has 7 nitrogen and oxygen atoms in total. The molecule has 2 N–H and O–H groups in total. The van der Waals surface area contributed by atoms with E-state index in [0.29, 0.717) is 29.7 Å². The second-order valence-corrected chi connectivity index (χ2v) is 8.20. The van der Waals surface area contributed by atoms with Crippen LogP contribution < -0.4 is 14.8 Å². The number of carbonyl (C=O) groups excluding carboxylic acids is 1. The average molecular weight is 438 g/mol. The van der Waals surface area contributed by atoms with E-state index in [9.17, 15) is 9.18 Å². The Morgan fingerprint density at radius 2 is 2.03 bits per heavy atom. The summed E-state index contributed by atoms with van der Waals surface area (Å²) in [4.78, 5) is 15.8. The molecular weight excluding hydrogens is 419 g/mol. The standard InChI is InChI=1S/C22H19FN4O3S/c1-12(13-2-5-18-19(8-13)30-7-6-29-18)25-20(28)11-31-22-21-16(10-24-27-22)15-9-14(23)3-4-17(15)26-21/h2-5,8-10,12,26H,6-7,11H2,1H3,(H,25,28)/t12-/m0/s1. The maximum atomic E-state index is 13.6. The van der Waals surface area contributed by atoms with Crippen LogP contribution in [0.2, 0.25) is 0 Å². The van der Waals surface area contributed by atoms with Crippen molar-refractivity contribution in [1.82, 2.24) is 20.5 Å². The molecule has 0 radical (unpaired) electrons. The van der Waals surface area contributed by atoms with E-state index < -0.39 is 0 Å². The predicted octanol–water partition coefficient (Wildman–Crippen LogP) is 3.99. The van der Waals surface area contributed by atoms with E-state index in [2.05, 4.69) is 20.5 Å². The minimum absolute atomic E-state index is 0.131. The fourth-order valence-corrected chi connectivity index (χ4v) is 4.37. The van der Waals surface area contributed by atoms with E-state index in [4.69, 9.17) is 9.47 Å². The Balaban J connectivity index is 1.28. The van der Waals surface area contributed by atoms with Crippen LogP contribution in [0, 0.1) is 5.82 Å². The summed E-state index contributed by atoms with van der Waals surface area (Å²) in [6, 6.07) is 10.0. The van der Waals surface area contributed by atoms with Gasteiger partial charge >= 0.3 is 0 Å². The molecule has 3 heterocycles. The zero-order valence-electron chi connectivity index (χ0n) is 16.6. The van der Waals surface area contributed by atoms with Gasteiger partial charge in [-0.05, 0) is 42.8 Å². The van der Waals surface area contributed by atoms with Crippen LogP contribution in [0.4, 0.5) is 4.39 Å². The number of H-pyrrole nitrogens is 1. The Morgan fingerprint density at radius 3 is 2.90 bits per heavy atom. The van der Waals surface area contributed by atoms with Gasteiger partial charge < -0.3 is 19.8 Å². The summed E-state index contributed by atoms with van der Waals surface area (Å²) in [6.07, 6.45) is 1.60. The second kappa shape index (κ2) is 8.07. The summed E-state index contributed by atoms with van der Waals surface area (Å²) in [6.45, 7) is 2.97. The maximum Gasteiger partial charge on any atom is 0.230 e. The number of aromatic nitrogens is 3. The molecule has 5 rings (SSSR count). The summed E-state index contributed by atoms with van der Waals surface area (Å²) in [5, 5.41) is 13.3. The number of rotatable bonds is 5. The SMILES string of the molecule is C[C@H](NC(=O)CSc1nncc2c1[nH]c1ccc(F)cc12)c1ccc2c(c1)OCCO2. The minimum Gasteiger partial charge on any atom is -0.486 e. The first-order valence-corrected chi connectivity index (χ1v) is 10.8. The third-order valence-corrected chi connectivity index (χ3v) is 6.10. The number of carbonyl (C=O) groups is 1. The zero-order chi connectivity index (χ0) is 21.4. The Morgan fingerprint density at radius 1 is 1.19 bits per heavy atom. The molecule has 2 aromatic carbocycles. The molecule has 0 spiro atoms. The van der Waals surface area contributed by atoms with Gasteiger partial charge in [0.1, 0.15) is 24.1 Å². The lowest BCUT2D eigenvalue weighted by molar-refractivity contribution is -0.119. The van der Waals surface area contributed by atoms with Crippen molar-refractivity contribution in [2.24, 2.45) is 0 Å². The molecule has 0 saturated heterocycles. The number of halogens is 1. The van der Waals surface area contributed by atoms with E-state index in [1.54, 1.807) is 12.3 Å². The molecular formula is C22H19FN4O3S. The fraction of sp³-hybridized carbons (Fsp3) is 0.227. The number of nitrogens with one attached hydrogen (secondary N) is 2. The highest BCUT2D eigenvalue weighted by molar-refractivity contribution is 8.00. The molecule has 1 aliphatic heterocycles. The first kappa shape index (κ1) is 19.6. The van der Waals surface area contributed by atoms with Crippen molar-refractivity contribution in [3.63, 3.8) is 0 Å². The highest BCUT2D eigenvalue weighted by Gasteiger charge is 2.17. The van der Waals surface area contributed by atoms with Crippen LogP contribution in [0.3, 0.4) is 0 Å². The molecule has 158 valence electrons. The van der Waals surface area contributed by atoms with Crippen LogP contribution in [0.25, 0.3) is 21.8 Å². The van der Waals surface area contributed by atoms with Crippen LogP contribution in [0.15, 0.2) is 47.6 Å². The predicted molar refractivity (Wildman–Crippen MR) is 116 cm³/mol. The lowest BCUT2D eigenvalue weighted by Crippen LogP contribution is -2.28. The number of hydrogen-bond acceptors (Lipinski definition) is 6. The molecule has 0 aliphatic carbocycles. The average Bonchev–Trinajstić information content (AvgIpc) is 3.15. The molecule has 1 atom stereocenters. The van der Waals surface area contributed by atoms with Gasteiger partial charge in [-0.15, -0.1) is 5.10 Å². The quantitative estimate of drug-likeness (QED) is 0.458. The van der Waals surface area contributed by atoms with Gasteiger partial charge in [0.2, 0.25) is 5.91 Å². The van der Waals surface area contributed by atoms with Crippen molar-refractivity contribution in [3.05, 3.63) is 54.0 Å². The number of benzene rings is 2. The van der Waals surface area contributed by atoms with Gasteiger partial charge in [0.25, 0.3) is 0 Å². The number of ether oxygens (including phenoxy) is 2. The molecule has 0 bridgehead atoms. The van der Waals surface area contributed by atoms with E-state index in [-0.39, 0.29) is 23.5 Å². The largest absolute Gasteiger partial charge is 0.486 e. The summed E-state index contributed by atoms with van der Waals surface area (Å²) < 4.78 is 24.8. The van der Waals surface area contributed by atoms with Crippen LogP contribution in [-0.2, 0) is 4.79 Å². The van der Waals surface area contributed by atoms with Gasteiger partial charge in [-0.2, -0.15) is 5.10 Å². The van der Waals surface area contributed by atoms with Gasteiger partial charge in [-0.1, -0.05) is 17.8 Å². The van der Waals surface area contributed by atoms with E-state index in [0.717, 1.165) is 27.4 Å². The minimum atomic E-state index is -0.313. The summed E-state index contributed by atoms with van der Waals surface area (Å²) in [5.74, 6) is 1.14. The highest BCUT2D eigenvalue weighted by Crippen LogP contribution is 2.33. The number of thioether (sulfide) groups is 1. The molecule has 2 aromatic heterocycles. The molecule has 1 amide bonds. The molecule has 4 aromatic rings. The Kier molecular flexibility index (Phi) is 5.11. The number of nitrogens with zero attached hydrogens (tertiary/aromatic N) is 2. The normalized spacial score (nSPS) is 14.0. The molecule has 31 heavy (non-hydrogen) atoms. The number of amides is 1. The third kappa shape index (κ3) is 3.88. The third-order valence-electron chi connectivity index (χ3n) is 5.13. The monoisotopic (exact) mass is 438 g/mol. The topological polar surface area (TPSA) is 89.1 Å². The fourth-order valence-electron chi connectivity index (χ4n) is 3.61. The van der Waals surface area contributed by atoms with Crippen LogP contribution in [0.1, 0.15) is 18.5 Å². The first-order chi connectivity index (χ1) is 15.1. The summed E-state index contributed by atoms with van der Waals surface area (Å²) in [7, 11) is 0. The maximum absolute atomic E-state index is 13.6. The van der Waals surface area contributed by atoms with Crippen molar-refractivity contribution >= 4 is 39.5 Å². The lowest BCUT2D eigenvalue weighted by Gasteiger charge is -2.21. The Hall–Kier alpha value is -3.33. The number of hydrogen-bond donors (Lipinski definition) is 2. The van der Waals surface area contributed by atoms with E-state index >= 15 is 0 Å². The van der Waals surface area contributed by atoms with Gasteiger partial charge in [0.15, 0.2) is 11.5 Å². The van der Waals surface area contributed by atoms with Gasteiger partial charge in [-0.25, -0.2) is 4.39 Å².